The van der Waals surface area contributed by atoms with Crippen molar-refractivity contribution in [2.45, 2.75) is 50.8 Å². The third-order valence-corrected chi connectivity index (χ3v) is 4.20. The van der Waals surface area contributed by atoms with Gasteiger partial charge in [-0.25, -0.2) is 4.98 Å². The normalized spacial score (nSPS) is 30.3. The molecule has 4 nitrogen and oxygen atoms in total. The Bertz CT molecular complexity index is 494. The first kappa shape index (κ1) is 11.5. The summed E-state index contributed by atoms with van der Waals surface area (Å²) >= 11 is 0. The van der Waals surface area contributed by atoms with Gasteiger partial charge in [-0.3, -0.25) is 0 Å². The van der Waals surface area contributed by atoms with Gasteiger partial charge in [0.1, 0.15) is 11.9 Å². The molecule has 2 bridgehead atoms. The van der Waals surface area contributed by atoms with E-state index in [2.05, 4.69) is 16.0 Å². The van der Waals surface area contributed by atoms with Crippen LogP contribution >= 0.6 is 0 Å². The van der Waals surface area contributed by atoms with Crippen molar-refractivity contribution in [3.8, 4) is 6.07 Å². The molecule has 1 N–H and O–H groups in total. The summed E-state index contributed by atoms with van der Waals surface area (Å²) < 4.78 is 0. The lowest BCUT2D eigenvalue weighted by atomic mass is 9.99. The van der Waals surface area contributed by atoms with Gasteiger partial charge in [-0.05, 0) is 44.2 Å². The van der Waals surface area contributed by atoms with E-state index < -0.39 is 0 Å². The zero-order valence-corrected chi connectivity index (χ0v) is 10.5. The number of nitriles is 1. The van der Waals surface area contributed by atoms with Gasteiger partial charge in [0, 0.05) is 18.3 Å². The van der Waals surface area contributed by atoms with Crippen LogP contribution < -0.4 is 4.90 Å². The van der Waals surface area contributed by atoms with Gasteiger partial charge in [-0.15, -0.1) is 0 Å². The van der Waals surface area contributed by atoms with Crippen molar-refractivity contribution >= 4 is 5.82 Å². The van der Waals surface area contributed by atoms with Gasteiger partial charge in [0.25, 0.3) is 0 Å². The Kier molecular flexibility index (Phi) is 2.71. The molecule has 94 valence electrons. The summed E-state index contributed by atoms with van der Waals surface area (Å²) in [5.41, 5.74) is 1.67. The summed E-state index contributed by atoms with van der Waals surface area (Å²) in [5.74, 6) is 0.817. The van der Waals surface area contributed by atoms with E-state index in [-0.39, 0.29) is 6.10 Å². The van der Waals surface area contributed by atoms with Crippen LogP contribution in [0.5, 0.6) is 0 Å². The zero-order valence-electron chi connectivity index (χ0n) is 10.5. The Morgan fingerprint density at radius 1 is 1.39 bits per heavy atom. The number of aliphatic hydroxyl groups excluding tert-OH is 1. The second-order valence-corrected chi connectivity index (χ2v) is 5.36. The topological polar surface area (TPSA) is 60.1 Å². The smallest absolute Gasteiger partial charge is 0.147 e. The number of hydrogen-bond acceptors (Lipinski definition) is 4. The second-order valence-electron chi connectivity index (χ2n) is 5.36. The van der Waals surface area contributed by atoms with E-state index in [4.69, 9.17) is 0 Å². The largest absolute Gasteiger partial charge is 0.393 e. The van der Waals surface area contributed by atoms with Crippen LogP contribution in [0.4, 0.5) is 5.82 Å². The molecule has 2 aliphatic heterocycles. The molecule has 2 saturated heterocycles. The monoisotopic (exact) mass is 243 g/mol. The molecule has 0 saturated carbocycles. The van der Waals surface area contributed by atoms with Crippen molar-refractivity contribution in [1.29, 1.82) is 5.26 Å². The van der Waals surface area contributed by atoms with Gasteiger partial charge < -0.3 is 10.0 Å². The Morgan fingerprint density at radius 3 is 2.67 bits per heavy atom. The highest BCUT2D eigenvalue weighted by atomic mass is 16.3. The van der Waals surface area contributed by atoms with Gasteiger partial charge >= 0.3 is 0 Å². The Labute approximate surface area is 107 Å². The summed E-state index contributed by atoms with van der Waals surface area (Å²) in [6.07, 6.45) is 5.39. The lowest BCUT2D eigenvalue weighted by Crippen LogP contribution is -2.45. The highest BCUT2D eigenvalue weighted by molar-refractivity contribution is 5.59. The van der Waals surface area contributed by atoms with Crippen molar-refractivity contribution in [2.24, 2.45) is 0 Å². The molecule has 2 unspecified atom stereocenters. The number of anilines is 1. The molecule has 3 rings (SSSR count). The lowest BCUT2D eigenvalue weighted by molar-refractivity contribution is 0.126. The van der Waals surface area contributed by atoms with E-state index in [9.17, 15) is 10.4 Å². The Balaban J connectivity index is 2.02. The molecule has 0 aliphatic carbocycles. The average Bonchev–Trinajstić information content (AvgIpc) is 2.61. The van der Waals surface area contributed by atoms with Crippen molar-refractivity contribution in [1.82, 2.24) is 4.98 Å². The minimum absolute atomic E-state index is 0.186. The van der Waals surface area contributed by atoms with Gasteiger partial charge in [-0.1, -0.05) is 0 Å². The number of rotatable bonds is 1. The molecular formula is C14H17N3O. The zero-order chi connectivity index (χ0) is 12.7. The maximum Gasteiger partial charge on any atom is 0.147 e. The molecule has 0 aromatic carbocycles. The van der Waals surface area contributed by atoms with E-state index in [0.29, 0.717) is 17.6 Å². The van der Waals surface area contributed by atoms with Crippen LogP contribution in [-0.4, -0.2) is 28.3 Å². The number of fused-ring (bicyclic) bond motifs is 2. The molecule has 2 fully saturated rings. The van der Waals surface area contributed by atoms with Crippen molar-refractivity contribution < 1.29 is 5.11 Å². The Hall–Kier alpha value is -1.60. The summed E-state index contributed by atoms with van der Waals surface area (Å²) in [6.45, 7) is 1.95. The van der Waals surface area contributed by atoms with Crippen LogP contribution in [0, 0.1) is 18.3 Å². The molecule has 1 aromatic rings. The van der Waals surface area contributed by atoms with E-state index >= 15 is 0 Å². The average molecular weight is 243 g/mol. The van der Waals surface area contributed by atoms with E-state index in [1.165, 1.54) is 0 Å². The summed E-state index contributed by atoms with van der Waals surface area (Å²) in [4.78, 5) is 6.70. The fourth-order valence-electron chi connectivity index (χ4n) is 3.37. The number of hydrogen-bond donors (Lipinski definition) is 1. The first-order valence-electron chi connectivity index (χ1n) is 6.53. The maximum absolute atomic E-state index is 9.82. The Morgan fingerprint density at radius 2 is 2.06 bits per heavy atom. The van der Waals surface area contributed by atoms with Crippen molar-refractivity contribution in [3.63, 3.8) is 0 Å². The van der Waals surface area contributed by atoms with Crippen molar-refractivity contribution in [2.75, 3.05) is 4.90 Å². The predicted molar refractivity (Wildman–Crippen MR) is 68.2 cm³/mol. The van der Waals surface area contributed by atoms with Crippen LogP contribution in [0.1, 0.15) is 36.8 Å². The van der Waals surface area contributed by atoms with Crippen LogP contribution in [-0.2, 0) is 0 Å². The van der Waals surface area contributed by atoms with E-state index in [1.807, 2.05) is 13.0 Å². The molecular weight excluding hydrogens is 226 g/mol. The first-order valence-corrected chi connectivity index (χ1v) is 6.53. The van der Waals surface area contributed by atoms with Crippen LogP contribution in [0.2, 0.25) is 0 Å². The first-order chi connectivity index (χ1) is 8.70. The maximum atomic E-state index is 9.82. The molecule has 0 amide bonds. The van der Waals surface area contributed by atoms with Crippen molar-refractivity contribution in [3.05, 3.63) is 23.4 Å². The summed E-state index contributed by atoms with van der Waals surface area (Å²) in [6, 6.07) is 4.85. The molecule has 2 aliphatic rings. The highest BCUT2D eigenvalue weighted by Crippen LogP contribution is 2.39. The second kappa shape index (κ2) is 4.25. The van der Waals surface area contributed by atoms with Gasteiger partial charge in [0.15, 0.2) is 0 Å². The number of aliphatic hydroxyl groups is 1. The molecule has 1 aromatic heterocycles. The van der Waals surface area contributed by atoms with Crippen LogP contribution in [0.3, 0.4) is 0 Å². The predicted octanol–water partition coefficient (Wildman–Crippen LogP) is 1.75. The van der Waals surface area contributed by atoms with Gasteiger partial charge in [0.05, 0.1) is 11.7 Å². The van der Waals surface area contributed by atoms with Gasteiger partial charge in [0.2, 0.25) is 0 Å². The minimum Gasteiger partial charge on any atom is -0.393 e. The molecule has 18 heavy (non-hydrogen) atoms. The van der Waals surface area contributed by atoms with Gasteiger partial charge in [-0.2, -0.15) is 5.26 Å². The number of pyridine rings is 1. The number of piperidine rings is 1. The molecule has 0 radical (unpaired) electrons. The lowest BCUT2D eigenvalue weighted by Gasteiger charge is -2.38. The fraction of sp³-hybridized carbons (Fsp3) is 0.571. The molecule has 4 heteroatoms. The fourth-order valence-corrected chi connectivity index (χ4v) is 3.37. The standard InChI is InChI=1S/C14H17N3O/c1-9-4-5-16-14(13(9)8-15)17-10-2-3-11(17)7-12(18)6-10/h4-5,10-12,18H,2-3,6-7H2,1H3. The summed E-state index contributed by atoms with van der Waals surface area (Å²) in [7, 11) is 0. The van der Waals surface area contributed by atoms with Crippen LogP contribution in [0.25, 0.3) is 0 Å². The third-order valence-electron chi connectivity index (χ3n) is 4.20. The number of aryl methyl sites for hydroxylation is 1. The quantitative estimate of drug-likeness (QED) is 0.816. The minimum atomic E-state index is -0.186. The number of nitrogens with zero attached hydrogens (tertiary/aromatic N) is 3. The third kappa shape index (κ3) is 1.67. The SMILES string of the molecule is Cc1ccnc(N2C3CCC2CC(O)C3)c1C#N. The molecule has 2 atom stereocenters. The van der Waals surface area contributed by atoms with E-state index in [1.54, 1.807) is 6.20 Å². The highest BCUT2D eigenvalue weighted by Gasteiger charge is 2.41. The van der Waals surface area contributed by atoms with E-state index in [0.717, 1.165) is 37.1 Å². The van der Waals surface area contributed by atoms with Crippen LogP contribution in [0.15, 0.2) is 12.3 Å². The number of aromatic nitrogens is 1. The summed E-state index contributed by atoms with van der Waals surface area (Å²) in [5, 5.41) is 19.1. The molecule has 3 heterocycles. The molecule has 0 spiro atoms.